The molecular formula is C17H21Cl2N7O2. The Hall–Kier alpha value is -1.81. The molecule has 0 saturated carbocycles. The van der Waals surface area contributed by atoms with Crippen LogP contribution in [0.2, 0.25) is 10.2 Å². The third kappa shape index (κ3) is 3.26. The minimum atomic E-state index is 0.129. The van der Waals surface area contributed by atoms with Crippen molar-refractivity contribution in [3.8, 4) is 5.88 Å². The highest BCUT2D eigenvalue weighted by Gasteiger charge is 2.39. The molecule has 3 aliphatic rings. The summed E-state index contributed by atoms with van der Waals surface area (Å²) in [5.41, 5.74) is 0.579. The van der Waals surface area contributed by atoms with Crippen LogP contribution in [0, 0.1) is 0 Å². The van der Waals surface area contributed by atoms with Crippen molar-refractivity contribution in [3.05, 3.63) is 16.4 Å². The SMILES string of the molecule is C[C@@H]1CCOc2nn(C3CN(C4COC4)C3)c(Cl)c2Nc2ncc(Cl)c(n2)N1. The lowest BCUT2D eigenvalue weighted by Gasteiger charge is -2.47. The van der Waals surface area contributed by atoms with Gasteiger partial charge in [-0.3, -0.25) is 4.90 Å². The first-order chi connectivity index (χ1) is 13.6. The van der Waals surface area contributed by atoms with Crippen LogP contribution in [0.1, 0.15) is 19.4 Å². The Morgan fingerprint density at radius 3 is 2.79 bits per heavy atom. The van der Waals surface area contributed by atoms with E-state index >= 15 is 0 Å². The molecule has 5 heterocycles. The standard InChI is InChI=1S/C17H21Cl2N7O2/c1-9-2-3-28-16-13(22-17-20-4-12(18)15(21-9)23-17)14(19)26(24-16)10-5-25(6-10)11-7-27-8-11/h4,9-11H,2-3,5-8H2,1H3,(H2,20,21,22,23)/t9-/m1/s1. The molecule has 150 valence electrons. The van der Waals surface area contributed by atoms with Gasteiger partial charge in [0.2, 0.25) is 5.95 Å². The summed E-state index contributed by atoms with van der Waals surface area (Å²) < 4.78 is 13.1. The number of nitrogens with zero attached hydrogens (tertiary/aromatic N) is 5. The van der Waals surface area contributed by atoms with E-state index in [2.05, 4.69) is 30.6 Å². The van der Waals surface area contributed by atoms with Crippen molar-refractivity contribution < 1.29 is 9.47 Å². The maximum absolute atomic E-state index is 6.67. The monoisotopic (exact) mass is 425 g/mol. The van der Waals surface area contributed by atoms with Crippen molar-refractivity contribution >= 4 is 40.7 Å². The van der Waals surface area contributed by atoms with E-state index in [9.17, 15) is 0 Å². The van der Waals surface area contributed by atoms with Crippen molar-refractivity contribution in [2.75, 3.05) is 43.5 Å². The lowest BCUT2D eigenvalue weighted by Crippen LogP contribution is -2.59. The molecule has 0 unspecified atom stereocenters. The quantitative estimate of drug-likeness (QED) is 0.758. The molecular weight excluding hydrogens is 405 g/mol. The van der Waals surface area contributed by atoms with Crippen LogP contribution in [-0.2, 0) is 4.74 Å². The summed E-state index contributed by atoms with van der Waals surface area (Å²) in [5, 5.41) is 12.0. The Balaban J connectivity index is 1.43. The molecule has 0 aromatic carbocycles. The zero-order chi connectivity index (χ0) is 19.3. The first kappa shape index (κ1) is 18.2. The number of halogens is 2. The van der Waals surface area contributed by atoms with Crippen LogP contribution in [0.4, 0.5) is 17.5 Å². The highest BCUT2D eigenvalue weighted by atomic mass is 35.5. The van der Waals surface area contributed by atoms with E-state index < -0.39 is 0 Å². The zero-order valence-electron chi connectivity index (χ0n) is 15.4. The van der Waals surface area contributed by atoms with E-state index in [0.29, 0.717) is 46.2 Å². The third-order valence-electron chi connectivity index (χ3n) is 5.35. The minimum Gasteiger partial charge on any atom is -0.475 e. The van der Waals surface area contributed by atoms with Gasteiger partial charge in [-0.15, -0.1) is 5.10 Å². The first-order valence-electron chi connectivity index (χ1n) is 9.37. The van der Waals surface area contributed by atoms with Gasteiger partial charge in [0.05, 0.1) is 38.1 Å². The summed E-state index contributed by atoms with van der Waals surface area (Å²) in [5.74, 6) is 1.43. The van der Waals surface area contributed by atoms with Gasteiger partial charge in [0.15, 0.2) is 11.0 Å². The number of ether oxygens (including phenoxy) is 2. The number of nitrogens with one attached hydrogen (secondary N) is 2. The van der Waals surface area contributed by atoms with E-state index in [4.69, 9.17) is 32.7 Å². The lowest BCUT2D eigenvalue weighted by atomic mass is 10.0. The van der Waals surface area contributed by atoms with Crippen molar-refractivity contribution in [2.45, 2.75) is 31.5 Å². The average molecular weight is 426 g/mol. The predicted molar refractivity (Wildman–Crippen MR) is 106 cm³/mol. The molecule has 0 amide bonds. The van der Waals surface area contributed by atoms with Crippen molar-refractivity contribution in [2.24, 2.45) is 0 Å². The van der Waals surface area contributed by atoms with E-state index in [-0.39, 0.29) is 12.1 Å². The number of hydrogen-bond acceptors (Lipinski definition) is 8. The molecule has 0 aliphatic carbocycles. The van der Waals surface area contributed by atoms with Gasteiger partial charge in [-0.2, -0.15) is 4.98 Å². The molecule has 28 heavy (non-hydrogen) atoms. The number of aromatic nitrogens is 4. The number of likely N-dealkylation sites (tertiary alicyclic amines) is 1. The van der Waals surface area contributed by atoms with Crippen LogP contribution in [0.3, 0.4) is 0 Å². The maximum atomic E-state index is 6.67. The van der Waals surface area contributed by atoms with Gasteiger partial charge in [0.25, 0.3) is 5.88 Å². The second kappa shape index (κ2) is 7.22. The normalized spacial score (nSPS) is 23.3. The zero-order valence-corrected chi connectivity index (χ0v) is 16.9. The molecule has 11 heteroatoms. The number of rotatable bonds is 2. The summed E-state index contributed by atoms with van der Waals surface area (Å²) in [4.78, 5) is 11.1. The number of anilines is 3. The fraction of sp³-hybridized carbons (Fsp3) is 0.588. The van der Waals surface area contributed by atoms with E-state index in [1.54, 1.807) is 6.20 Å². The molecule has 3 aliphatic heterocycles. The second-order valence-electron chi connectivity index (χ2n) is 7.41. The highest BCUT2D eigenvalue weighted by molar-refractivity contribution is 6.33. The molecule has 2 saturated heterocycles. The van der Waals surface area contributed by atoms with E-state index in [0.717, 1.165) is 32.7 Å². The highest BCUT2D eigenvalue weighted by Crippen LogP contribution is 2.39. The number of fused-ring (bicyclic) bond motifs is 3. The van der Waals surface area contributed by atoms with E-state index in [1.165, 1.54) is 0 Å². The molecule has 0 radical (unpaired) electrons. The summed E-state index contributed by atoms with van der Waals surface area (Å²) in [6.07, 6.45) is 2.33. The third-order valence-corrected chi connectivity index (χ3v) is 5.99. The topological polar surface area (TPSA) is 89.4 Å². The Kier molecular flexibility index (Phi) is 4.70. The predicted octanol–water partition coefficient (Wildman–Crippen LogP) is 2.56. The molecule has 2 fully saturated rings. The van der Waals surface area contributed by atoms with Crippen LogP contribution in [-0.4, -0.2) is 69.6 Å². The van der Waals surface area contributed by atoms with Crippen LogP contribution < -0.4 is 15.4 Å². The number of hydrogen-bond donors (Lipinski definition) is 2. The second-order valence-corrected chi connectivity index (χ2v) is 8.18. The molecule has 0 spiro atoms. The molecule has 2 N–H and O–H groups in total. The van der Waals surface area contributed by atoms with Gasteiger partial charge in [-0.1, -0.05) is 23.2 Å². The van der Waals surface area contributed by atoms with Crippen LogP contribution in [0.25, 0.3) is 0 Å². The minimum absolute atomic E-state index is 0.129. The molecule has 1 atom stereocenters. The van der Waals surface area contributed by atoms with Gasteiger partial charge in [-0.05, 0) is 6.92 Å². The Morgan fingerprint density at radius 1 is 1.21 bits per heavy atom. The average Bonchev–Trinajstić information content (AvgIpc) is 2.86. The van der Waals surface area contributed by atoms with Gasteiger partial charge in [-0.25, -0.2) is 9.67 Å². The summed E-state index contributed by atoms with van der Waals surface area (Å²) >= 11 is 12.9. The van der Waals surface area contributed by atoms with Crippen molar-refractivity contribution in [3.63, 3.8) is 0 Å². The smallest absolute Gasteiger partial charge is 0.258 e. The Morgan fingerprint density at radius 2 is 2.04 bits per heavy atom. The molecule has 2 bridgehead atoms. The largest absolute Gasteiger partial charge is 0.475 e. The molecule has 9 nitrogen and oxygen atoms in total. The fourth-order valence-electron chi connectivity index (χ4n) is 3.50. The summed E-state index contributed by atoms with van der Waals surface area (Å²) in [6, 6.07) is 0.858. The summed E-state index contributed by atoms with van der Waals surface area (Å²) in [6.45, 7) is 5.96. The van der Waals surface area contributed by atoms with Crippen LogP contribution in [0.15, 0.2) is 6.20 Å². The van der Waals surface area contributed by atoms with Gasteiger partial charge in [0.1, 0.15) is 10.7 Å². The van der Waals surface area contributed by atoms with Crippen molar-refractivity contribution in [1.29, 1.82) is 0 Å². The van der Waals surface area contributed by atoms with Gasteiger partial charge >= 0.3 is 0 Å². The van der Waals surface area contributed by atoms with Gasteiger partial charge < -0.3 is 20.1 Å². The van der Waals surface area contributed by atoms with E-state index in [1.807, 2.05) is 11.6 Å². The van der Waals surface area contributed by atoms with Gasteiger partial charge in [0, 0.05) is 25.6 Å². The van der Waals surface area contributed by atoms with Crippen LogP contribution >= 0.6 is 23.2 Å². The Bertz CT molecular complexity index is 883. The van der Waals surface area contributed by atoms with Crippen LogP contribution in [0.5, 0.6) is 5.88 Å². The fourth-order valence-corrected chi connectivity index (χ4v) is 3.95. The van der Waals surface area contributed by atoms with Crippen molar-refractivity contribution in [1.82, 2.24) is 24.6 Å². The lowest BCUT2D eigenvalue weighted by molar-refractivity contribution is -0.0997. The molecule has 2 aromatic rings. The molecule has 5 rings (SSSR count). The first-order valence-corrected chi connectivity index (χ1v) is 10.1. The maximum Gasteiger partial charge on any atom is 0.258 e. The summed E-state index contributed by atoms with van der Waals surface area (Å²) in [7, 11) is 0. The Labute approximate surface area is 172 Å². The molecule has 2 aromatic heterocycles.